The molecule has 0 amide bonds. The third kappa shape index (κ3) is 11.5. The van der Waals surface area contributed by atoms with E-state index in [4.69, 9.17) is 0 Å². The molecule has 8 rings (SSSR count). The SMILES string of the molecule is O=C(Cc1ccc(B(O)O)cc1)c1ccccc1[Si](c1ccccc1C(=O)Cc1ccc(B(O)O)cc1)(c1ccccc1C(=O)Cc1ccc(B(O)O)cc1)c1ccccc1C(=O)Cc1ccc(B(O)O)cc1. The fourth-order valence-electron chi connectivity index (χ4n) is 9.44. The van der Waals surface area contributed by atoms with Crippen molar-refractivity contribution in [3.8, 4) is 0 Å². The average molecular weight is 984 g/mol. The number of hydrogen-bond donors (Lipinski definition) is 8. The van der Waals surface area contributed by atoms with Crippen LogP contribution in [0.2, 0.25) is 0 Å². The second-order valence-corrected chi connectivity index (χ2v) is 21.4. The standard InChI is InChI=1S/C56H48B4O12Si/c61-49(33-37-17-25-41(26-18-37)57(65)66)45-9-1-5-13-53(45)73(54-14-6-2-10-46(54)50(62)34-38-19-27-42(28-20-38)58(67)68,55-15-7-3-11-47(55)51(63)35-39-21-29-43(30-22-39)59(69)70)56-16-8-4-12-48(56)52(64)36-40-23-31-44(32-24-40)60(71)72/h1-32,65-72H,33-36H2. The highest BCUT2D eigenvalue weighted by Gasteiger charge is 2.49. The highest BCUT2D eigenvalue weighted by Crippen LogP contribution is 2.22. The average Bonchev–Trinajstić information content (AvgIpc) is 3.40. The molecule has 8 N–H and O–H groups in total. The maximum atomic E-state index is 15.2. The molecule has 0 spiro atoms. The van der Waals surface area contributed by atoms with Crippen LogP contribution in [0.3, 0.4) is 0 Å². The van der Waals surface area contributed by atoms with E-state index in [1.165, 1.54) is 48.5 Å². The van der Waals surface area contributed by atoms with Gasteiger partial charge in [0.2, 0.25) is 0 Å². The third-order valence-corrected chi connectivity index (χ3v) is 18.1. The first-order valence-corrected chi connectivity index (χ1v) is 25.5. The topological polar surface area (TPSA) is 230 Å². The Kier molecular flexibility index (Phi) is 16.4. The lowest BCUT2D eigenvalue weighted by Crippen LogP contribution is -2.78. The summed E-state index contributed by atoms with van der Waals surface area (Å²) < 4.78 is 0. The van der Waals surface area contributed by atoms with Gasteiger partial charge in [-0.3, -0.25) is 19.2 Å². The number of carbonyl (C=O) groups is 4. The van der Waals surface area contributed by atoms with Gasteiger partial charge in [0.1, 0.15) is 0 Å². The van der Waals surface area contributed by atoms with Gasteiger partial charge in [-0.05, 0) is 64.9 Å². The van der Waals surface area contributed by atoms with Crippen LogP contribution >= 0.6 is 0 Å². The second-order valence-electron chi connectivity index (χ2n) is 17.8. The lowest BCUT2D eigenvalue weighted by Gasteiger charge is -2.39. The zero-order chi connectivity index (χ0) is 51.8. The molecule has 12 nitrogen and oxygen atoms in total. The van der Waals surface area contributed by atoms with Crippen molar-refractivity contribution < 1.29 is 59.4 Å². The van der Waals surface area contributed by atoms with E-state index in [1.807, 2.05) is 24.3 Å². The second kappa shape index (κ2) is 23.0. The molecule has 0 heterocycles. The largest absolute Gasteiger partial charge is 0.488 e. The minimum absolute atomic E-state index is 0.138. The summed E-state index contributed by atoms with van der Waals surface area (Å²) in [6, 6.07) is 53.2. The smallest absolute Gasteiger partial charge is 0.423 e. The summed E-state index contributed by atoms with van der Waals surface area (Å²) >= 11 is 0. The molecule has 0 fully saturated rings. The molecule has 0 bridgehead atoms. The quantitative estimate of drug-likeness (QED) is 0.0275. The summed E-state index contributed by atoms with van der Waals surface area (Å²) in [6.45, 7) is 0. The van der Waals surface area contributed by atoms with E-state index in [1.54, 1.807) is 121 Å². The summed E-state index contributed by atoms with van der Waals surface area (Å²) in [7, 11) is -11.3. The maximum Gasteiger partial charge on any atom is 0.488 e. The van der Waals surface area contributed by atoms with Crippen LogP contribution in [0.4, 0.5) is 0 Å². The van der Waals surface area contributed by atoms with Crippen LogP contribution < -0.4 is 42.6 Å². The summed E-state index contributed by atoms with van der Waals surface area (Å²) in [6.07, 6.45) is -0.553. The molecular weight excluding hydrogens is 936 g/mol. The molecule has 0 aliphatic carbocycles. The van der Waals surface area contributed by atoms with Crippen molar-refractivity contribution in [2.45, 2.75) is 25.7 Å². The molecule has 0 aromatic heterocycles. The molecular formula is C56H48B4O12Si. The fraction of sp³-hybridized carbons (Fsp3) is 0.0714. The van der Waals surface area contributed by atoms with Gasteiger partial charge in [0, 0.05) is 47.9 Å². The van der Waals surface area contributed by atoms with E-state index >= 15 is 19.2 Å². The van der Waals surface area contributed by atoms with E-state index in [9.17, 15) is 40.2 Å². The van der Waals surface area contributed by atoms with Crippen LogP contribution in [-0.4, -0.2) is 99.9 Å². The molecule has 0 aliphatic heterocycles. The van der Waals surface area contributed by atoms with E-state index in [0.29, 0.717) is 43.0 Å². The van der Waals surface area contributed by atoms with E-state index in [0.717, 1.165) is 0 Å². The van der Waals surface area contributed by atoms with Crippen LogP contribution in [0.25, 0.3) is 0 Å². The Bertz CT molecular complexity index is 2830. The molecule has 8 aromatic carbocycles. The van der Waals surface area contributed by atoms with Crippen molar-refractivity contribution in [3.63, 3.8) is 0 Å². The van der Waals surface area contributed by atoms with Crippen molar-refractivity contribution in [2.75, 3.05) is 0 Å². The Morgan fingerprint density at radius 1 is 0.274 bits per heavy atom. The Morgan fingerprint density at radius 2 is 0.452 bits per heavy atom. The molecule has 17 heteroatoms. The highest BCUT2D eigenvalue weighted by molar-refractivity contribution is 7.21. The van der Waals surface area contributed by atoms with Crippen LogP contribution in [-0.2, 0) is 25.7 Å². The monoisotopic (exact) mass is 984 g/mol. The van der Waals surface area contributed by atoms with Gasteiger partial charge in [-0.15, -0.1) is 0 Å². The highest BCUT2D eigenvalue weighted by atomic mass is 28.3. The zero-order valence-corrected chi connectivity index (χ0v) is 40.3. The number of benzene rings is 8. The van der Waals surface area contributed by atoms with Gasteiger partial charge in [0.05, 0.1) is 0 Å². The molecule has 0 saturated heterocycles. The van der Waals surface area contributed by atoms with E-state index < -0.39 is 36.5 Å². The predicted molar refractivity (Wildman–Crippen MR) is 287 cm³/mol. The van der Waals surface area contributed by atoms with Gasteiger partial charge in [0.25, 0.3) is 0 Å². The first kappa shape index (κ1) is 51.9. The molecule has 0 atom stereocenters. The zero-order valence-electron chi connectivity index (χ0n) is 39.3. The van der Waals surface area contributed by atoms with Crippen LogP contribution in [0.1, 0.15) is 63.7 Å². The van der Waals surface area contributed by atoms with Crippen molar-refractivity contribution >= 4 is 102 Å². The molecule has 0 aliphatic rings. The van der Waals surface area contributed by atoms with E-state index in [2.05, 4.69) is 0 Å². The Labute approximate surface area is 424 Å². The lowest BCUT2D eigenvalue weighted by molar-refractivity contribution is 0.0986. The molecule has 0 unspecified atom stereocenters. The lowest BCUT2D eigenvalue weighted by atomic mass is 9.80. The maximum absolute atomic E-state index is 15.2. The first-order chi connectivity index (χ1) is 35.1. The van der Waals surface area contributed by atoms with Crippen molar-refractivity contribution in [3.05, 3.63) is 239 Å². The van der Waals surface area contributed by atoms with Gasteiger partial charge < -0.3 is 40.2 Å². The van der Waals surface area contributed by atoms with Gasteiger partial charge >= 0.3 is 28.5 Å². The molecule has 8 aromatic rings. The van der Waals surface area contributed by atoms with Gasteiger partial charge in [0.15, 0.2) is 31.2 Å². The fourth-order valence-corrected chi connectivity index (χ4v) is 15.1. The predicted octanol–water partition coefficient (Wildman–Crippen LogP) is -0.515. The first-order valence-electron chi connectivity index (χ1n) is 23.5. The Morgan fingerprint density at radius 3 is 0.630 bits per heavy atom. The minimum atomic E-state index is -4.44. The number of carbonyl (C=O) groups excluding carboxylic acids is 4. The minimum Gasteiger partial charge on any atom is -0.423 e. The summed E-state index contributed by atoms with van der Waals surface area (Å²) in [4.78, 5) is 60.9. The van der Waals surface area contributed by atoms with Crippen LogP contribution in [0.5, 0.6) is 0 Å². The number of rotatable bonds is 20. The summed E-state index contributed by atoms with van der Waals surface area (Å²) in [5.74, 6) is -1.37. The van der Waals surface area contributed by atoms with Crippen molar-refractivity contribution in [2.24, 2.45) is 0 Å². The number of ketones is 4. The number of hydrogen-bond acceptors (Lipinski definition) is 12. The Hall–Kier alpha value is -7.40. The molecule has 73 heavy (non-hydrogen) atoms. The summed E-state index contributed by atoms with van der Waals surface area (Å²) in [5, 5.41) is 80.4. The van der Waals surface area contributed by atoms with Gasteiger partial charge in [-0.2, -0.15) is 0 Å². The normalized spacial score (nSPS) is 11.2. The molecule has 0 radical (unpaired) electrons. The number of Topliss-reactive ketones (excluding diaryl/α,β-unsaturated/α-hetero) is 4. The Balaban J connectivity index is 1.43. The van der Waals surface area contributed by atoms with E-state index in [-0.39, 0.29) is 92.9 Å². The molecule has 360 valence electrons. The third-order valence-electron chi connectivity index (χ3n) is 13.1. The summed E-state index contributed by atoms with van der Waals surface area (Å²) in [5.41, 5.74) is 4.21. The van der Waals surface area contributed by atoms with Crippen molar-refractivity contribution in [1.29, 1.82) is 0 Å². The van der Waals surface area contributed by atoms with Gasteiger partial charge in [-0.25, -0.2) is 0 Å². The van der Waals surface area contributed by atoms with Crippen LogP contribution in [0, 0.1) is 0 Å². The van der Waals surface area contributed by atoms with Crippen LogP contribution in [0.15, 0.2) is 194 Å². The van der Waals surface area contributed by atoms with Gasteiger partial charge in [-0.1, -0.05) is 194 Å². The van der Waals surface area contributed by atoms with Crippen molar-refractivity contribution in [1.82, 2.24) is 0 Å². The molecule has 0 saturated carbocycles.